The molecule has 3 rings (SSSR count). The van der Waals surface area contributed by atoms with Gasteiger partial charge < -0.3 is 14.2 Å². The maximum atomic E-state index is 14.9. The Morgan fingerprint density at radius 2 is 1.02 bits per heavy atom. The van der Waals surface area contributed by atoms with Crippen molar-refractivity contribution >= 4 is 11.9 Å². The first-order valence-electron chi connectivity index (χ1n) is 21.1. The second-order valence-corrected chi connectivity index (χ2v) is 14.7. The molecule has 0 aliphatic heterocycles. The molecule has 55 heavy (non-hydrogen) atoms. The van der Waals surface area contributed by atoms with Crippen LogP contribution in [0.15, 0.2) is 60.7 Å². The minimum absolute atomic E-state index is 0.0516. The van der Waals surface area contributed by atoms with Gasteiger partial charge in [-0.25, -0.2) is 18.4 Å². The highest BCUT2D eigenvalue weighted by Gasteiger charge is 2.16. The highest BCUT2D eigenvalue weighted by molar-refractivity contribution is 5.91. The molecule has 0 amide bonds. The van der Waals surface area contributed by atoms with E-state index in [-0.39, 0.29) is 29.1 Å². The predicted octanol–water partition coefficient (Wildman–Crippen LogP) is 13.7. The van der Waals surface area contributed by atoms with Crippen molar-refractivity contribution in [3.63, 3.8) is 0 Å². The van der Waals surface area contributed by atoms with E-state index in [1.165, 1.54) is 120 Å². The molecule has 300 valence electrons. The summed E-state index contributed by atoms with van der Waals surface area (Å²) in [5, 5.41) is 0. The Balaban J connectivity index is 1.32. The smallest absolute Gasteiger partial charge is 0.343 e. The number of unbranched alkanes of at least 4 members (excludes halogenated alkanes) is 18. The second-order valence-electron chi connectivity index (χ2n) is 14.7. The molecule has 0 bridgehead atoms. The van der Waals surface area contributed by atoms with E-state index < -0.39 is 17.6 Å². The van der Waals surface area contributed by atoms with Gasteiger partial charge in [-0.3, -0.25) is 0 Å². The molecular weight excluding hydrogens is 695 g/mol. The number of halogens is 2. The van der Waals surface area contributed by atoms with Crippen LogP contribution in [0.5, 0.6) is 11.5 Å². The number of carbonyl (C=O) groups excluding carboxylic acids is 2. The van der Waals surface area contributed by atoms with Gasteiger partial charge in [0.05, 0.1) is 23.8 Å². The molecule has 0 heterocycles. The minimum atomic E-state index is -0.884. The second kappa shape index (κ2) is 27.4. The molecule has 0 saturated carbocycles. The van der Waals surface area contributed by atoms with Crippen LogP contribution in [0.2, 0.25) is 0 Å². The van der Waals surface area contributed by atoms with Crippen molar-refractivity contribution in [2.75, 3.05) is 6.61 Å². The van der Waals surface area contributed by atoms with Crippen LogP contribution in [-0.4, -0.2) is 24.6 Å². The first-order valence-corrected chi connectivity index (χ1v) is 21.1. The third-order valence-corrected chi connectivity index (χ3v) is 9.80. The Labute approximate surface area is 329 Å². The van der Waals surface area contributed by atoms with E-state index in [2.05, 4.69) is 25.7 Å². The Bertz CT molecular complexity index is 1610. The Kier molecular flexibility index (Phi) is 22.5. The number of rotatable bonds is 27. The van der Waals surface area contributed by atoms with Gasteiger partial charge in [0, 0.05) is 11.1 Å². The monoisotopic (exact) mass is 758 g/mol. The molecule has 0 aliphatic rings. The SMILES string of the molecule is CCCCCCCCCCCCCCCCCCOc1ccc(C(=O)Oc2ccc(C#Cc3ccc(C(=O)O[C@H](C)CCCCCC)cc3)cc2F)cc1F. The van der Waals surface area contributed by atoms with Gasteiger partial charge in [-0.2, -0.15) is 0 Å². The van der Waals surface area contributed by atoms with Gasteiger partial charge in [0.25, 0.3) is 0 Å². The summed E-state index contributed by atoms with van der Waals surface area (Å²) < 4.78 is 46.0. The number of benzene rings is 3. The first-order chi connectivity index (χ1) is 26.8. The lowest BCUT2D eigenvalue weighted by molar-refractivity contribution is 0.0319. The number of carbonyl (C=O) groups is 2. The lowest BCUT2D eigenvalue weighted by Crippen LogP contribution is -2.15. The summed E-state index contributed by atoms with van der Waals surface area (Å²) in [6, 6.07) is 14.6. The summed E-state index contributed by atoms with van der Waals surface area (Å²) in [5.41, 5.74) is 1.40. The standard InChI is InChI=1S/C48H64F2O5/c1-4-6-8-10-11-12-13-14-15-16-17-18-19-20-21-23-35-53-45-34-32-42(37-44(45)50)48(52)55-46-33-29-40(36-43(46)49)26-25-39-27-30-41(31-28-39)47(51)54-38(3)24-22-9-7-5-2/h27-34,36-38H,4-24,35H2,1-3H3/t38-/m1/s1. The topological polar surface area (TPSA) is 61.8 Å². The lowest BCUT2D eigenvalue weighted by Gasteiger charge is -2.13. The Morgan fingerprint density at radius 3 is 1.58 bits per heavy atom. The maximum Gasteiger partial charge on any atom is 0.343 e. The lowest BCUT2D eigenvalue weighted by atomic mass is 10.0. The normalized spacial score (nSPS) is 11.4. The van der Waals surface area contributed by atoms with Crippen molar-refractivity contribution in [3.05, 3.63) is 94.6 Å². The largest absolute Gasteiger partial charge is 0.491 e. The van der Waals surface area contributed by atoms with Gasteiger partial charge in [0.2, 0.25) is 0 Å². The third-order valence-electron chi connectivity index (χ3n) is 9.80. The molecule has 0 spiro atoms. The molecule has 0 unspecified atom stereocenters. The van der Waals surface area contributed by atoms with E-state index >= 15 is 0 Å². The van der Waals surface area contributed by atoms with Crippen molar-refractivity contribution in [3.8, 4) is 23.3 Å². The third kappa shape index (κ3) is 18.8. The first kappa shape index (κ1) is 45.2. The van der Waals surface area contributed by atoms with Crippen LogP contribution >= 0.6 is 0 Å². The average molecular weight is 759 g/mol. The van der Waals surface area contributed by atoms with Crippen molar-refractivity contribution in [1.82, 2.24) is 0 Å². The highest BCUT2D eigenvalue weighted by Crippen LogP contribution is 2.23. The zero-order chi connectivity index (χ0) is 39.5. The van der Waals surface area contributed by atoms with Gasteiger partial charge in [0.15, 0.2) is 23.1 Å². The van der Waals surface area contributed by atoms with Crippen LogP contribution in [0.4, 0.5) is 8.78 Å². The zero-order valence-corrected chi connectivity index (χ0v) is 33.7. The molecule has 0 aliphatic carbocycles. The molecule has 0 N–H and O–H groups in total. The fourth-order valence-corrected chi connectivity index (χ4v) is 6.40. The van der Waals surface area contributed by atoms with Crippen LogP contribution in [0.25, 0.3) is 0 Å². The molecular formula is C48H64F2O5. The molecule has 5 nitrogen and oxygen atoms in total. The van der Waals surface area contributed by atoms with E-state index in [0.717, 1.165) is 51.0 Å². The van der Waals surface area contributed by atoms with E-state index in [4.69, 9.17) is 14.2 Å². The van der Waals surface area contributed by atoms with Gasteiger partial charge in [-0.1, -0.05) is 141 Å². The van der Waals surface area contributed by atoms with E-state index in [1.54, 1.807) is 24.3 Å². The molecule has 3 aromatic rings. The van der Waals surface area contributed by atoms with Crippen molar-refractivity contribution in [2.45, 2.75) is 162 Å². The van der Waals surface area contributed by atoms with E-state index in [9.17, 15) is 18.4 Å². The van der Waals surface area contributed by atoms with E-state index in [0.29, 0.717) is 23.3 Å². The number of hydrogen-bond acceptors (Lipinski definition) is 5. The fourth-order valence-electron chi connectivity index (χ4n) is 6.40. The molecule has 0 saturated heterocycles. The molecule has 3 aromatic carbocycles. The summed E-state index contributed by atoms with van der Waals surface area (Å²) in [7, 11) is 0. The quantitative estimate of drug-likeness (QED) is 0.0335. The van der Waals surface area contributed by atoms with Gasteiger partial charge >= 0.3 is 11.9 Å². The highest BCUT2D eigenvalue weighted by atomic mass is 19.1. The van der Waals surface area contributed by atoms with Crippen molar-refractivity contribution < 1.29 is 32.6 Å². The minimum Gasteiger partial charge on any atom is -0.491 e. The van der Waals surface area contributed by atoms with Crippen molar-refractivity contribution in [2.24, 2.45) is 0 Å². The van der Waals surface area contributed by atoms with Crippen LogP contribution in [0, 0.1) is 23.5 Å². The zero-order valence-electron chi connectivity index (χ0n) is 33.7. The summed E-state index contributed by atoms with van der Waals surface area (Å²) >= 11 is 0. The Morgan fingerprint density at radius 1 is 0.545 bits per heavy atom. The number of ether oxygens (including phenoxy) is 3. The average Bonchev–Trinajstić information content (AvgIpc) is 3.18. The van der Waals surface area contributed by atoms with Crippen molar-refractivity contribution in [1.29, 1.82) is 0 Å². The van der Waals surface area contributed by atoms with Crippen LogP contribution in [0.1, 0.15) is 187 Å². The summed E-state index contributed by atoms with van der Waals surface area (Å²) in [5.74, 6) is 2.91. The predicted molar refractivity (Wildman–Crippen MR) is 219 cm³/mol. The number of hydrogen-bond donors (Lipinski definition) is 0. The number of esters is 2. The summed E-state index contributed by atoms with van der Waals surface area (Å²) in [4.78, 5) is 25.2. The molecule has 0 fully saturated rings. The van der Waals surface area contributed by atoms with Crippen LogP contribution in [0.3, 0.4) is 0 Å². The summed E-state index contributed by atoms with van der Waals surface area (Å²) in [6.45, 7) is 6.73. The van der Waals surface area contributed by atoms with Gasteiger partial charge in [0.1, 0.15) is 0 Å². The van der Waals surface area contributed by atoms with Gasteiger partial charge in [-0.15, -0.1) is 0 Å². The molecule has 0 aromatic heterocycles. The fraction of sp³-hybridized carbons (Fsp3) is 0.542. The maximum absolute atomic E-state index is 14.9. The van der Waals surface area contributed by atoms with Gasteiger partial charge in [-0.05, 0) is 86.8 Å². The van der Waals surface area contributed by atoms with E-state index in [1.807, 2.05) is 6.92 Å². The molecule has 0 radical (unpaired) electrons. The molecule has 7 heteroatoms. The summed E-state index contributed by atoms with van der Waals surface area (Å²) in [6.07, 6.45) is 25.7. The van der Waals surface area contributed by atoms with Crippen LogP contribution in [-0.2, 0) is 4.74 Å². The Hall–Kier alpha value is -4.18. The van der Waals surface area contributed by atoms with Crippen LogP contribution < -0.4 is 9.47 Å². The molecule has 1 atom stereocenters.